The number of unbranched alkanes of at least 4 members (excludes halogenated alkanes) is 3. The molecule has 14 heavy (non-hydrogen) atoms. The molecule has 2 nitrogen and oxygen atoms in total. The molecule has 0 aliphatic heterocycles. The van der Waals surface area contributed by atoms with Gasteiger partial charge in [0.05, 0.1) is 0 Å². The third-order valence-electron chi connectivity index (χ3n) is 2.59. The SMILES string of the molecule is CCCCCC=C1CC(C(=O)[O-])C1.[Na+]. The largest absolute Gasteiger partial charge is 1.00 e. The van der Waals surface area contributed by atoms with Crippen LogP contribution in [0.4, 0.5) is 0 Å². The minimum atomic E-state index is -0.884. The van der Waals surface area contributed by atoms with Crippen molar-refractivity contribution in [2.24, 2.45) is 5.92 Å². The summed E-state index contributed by atoms with van der Waals surface area (Å²) in [7, 11) is 0. The molecule has 1 aliphatic carbocycles. The van der Waals surface area contributed by atoms with E-state index in [-0.39, 0.29) is 35.5 Å². The third-order valence-corrected chi connectivity index (χ3v) is 2.59. The smallest absolute Gasteiger partial charge is 0.550 e. The van der Waals surface area contributed by atoms with Gasteiger partial charge in [0.2, 0.25) is 0 Å². The summed E-state index contributed by atoms with van der Waals surface area (Å²) in [6.07, 6.45) is 8.52. The average molecular weight is 204 g/mol. The van der Waals surface area contributed by atoms with E-state index in [1.165, 1.54) is 24.8 Å². The van der Waals surface area contributed by atoms with E-state index in [1.54, 1.807) is 0 Å². The van der Waals surface area contributed by atoms with Crippen molar-refractivity contribution in [2.45, 2.75) is 45.4 Å². The fourth-order valence-corrected chi connectivity index (χ4v) is 1.61. The van der Waals surface area contributed by atoms with Crippen LogP contribution < -0.4 is 34.7 Å². The van der Waals surface area contributed by atoms with E-state index in [2.05, 4.69) is 13.0 Å². The molecule has 3 heteroatoms. The number of carbonyl (C=O) groups excluding carboxylic acids is 1. The molecule has 0 N–H and O–H groups in total. The van der Waals surface area contributed by atoms with Gasteiger partial charge in [0, 0.05) is 11.9 Å². The Morgan fingerprint density at radius 2 is 2.14 bits per heavy atom. The molecule has 0 saturated heterocycles. The first-order valence-corrected chi connectivity index (χ1v) is 5.12. The number of carboxylic acid groups (broad SMARTS) is 1. The maximum absolute atomic E-state index is 10.4. The standard InChI is InChI=1S/C11H18O2.Na/c1-2-3-4-5-6-9-7-10(8-9)11(12)13;/h6,10H,2-5,7-8H2,1H3,(H,12,13);/q;+1/p-1. The topological polar surface area (TPSA) is 40.1 Å². The zero-order chi connectivity index (χ0) is 9.68. The van der Waals surface area contributed by atoms with Crippen molar-refractivity contribution in [1.82, 2.24) is 0 Å². The van der Waals surface area contributed by atoms with Crippen molar-refractivity contribution >= 4 is 5.97 Å². The zero-order valence-corrected chi connectivity index (χ0v) is 11.2. The molecule has 0 bridgehead atoms. The minimum Gasteiger partial charge on any atom is -0.550 e. The number of carboxylic acids is 1. The van der Waals surface area contributed by atoms with Gasteiger partial charge in [-0.2, -0.15) is 0 Å². The van der Waals surface area contributed by atoms with Crippen LogP contribution in [0.5, 0.6) is 0 Å². The molecule has 1 aliphatic rings. The van der Waals surface area contributed by atoms with Gasteiger partial charge in [0.25, 0.3) is 0 Å². The van der Waals surface area contributed by atoms with Crippen molar-refractivity contribution in [3.05, 3.63) is 11.6 Å². The second-order valence-corrected chi connectivity index (χ2v) is 3.78. The van der Waals surface area contributed by atoms with Crippen LogP contribution in [0.2, 0.25) is 0 Å². The number of hydrogen-bond donors (Lipinski definition) is 0. The normalized spacial score (nSPS) is 19.5. The Morgan fingerprint density at radius 1 is 1.50 bits per heavy atom. The number of carbonyl (C=O) groups is 1. The predicted molar refractivity (Wildman–Crippen MR) is 50.0 cm³/mol. The van der Waals surface area contributed by atoms with Crippen molar-refractivity contribution < 1.29 is 39.5 Å². The van der Waals surface area contributed by atoms with Gasteiger partial charge in [-0.05, 0) is 25.7 Å². The Kier molecular flexibility index (Phi) is 7.61. The maximum atomic E-state index is 10.4. The van der Waals surface area contributed by atoms with Crippen LogP contribution in [0, 0.1) is 5.92 Å². The van der Waals surface area contributed by atoms with Crippen LogP contribution in [-0.2, 0) is 4.79 Å². The first-order chi connectivity index (χ1) is 6.24. The molecule has 0 unspecified atom stereocenters. The van der Waals surface area contributed by atoms with Crippen molar-refractivity contribution in [2.75, 3.05) is 0 Å². The molecule has 1 rings (SSSR count). The number of aliphatic carboxylic acids is 1. The van der Waals surface area contributed by atoms with Gasteiger partial charge in [0.1, 0.15) is 0 Å². The molecule has 1 fully saturated rings. The van der Waals surface area contributed by atoms with Crippen LogP contribution in [0.25, 0.3) is 0 Å². The molecule has 0 radical (unpaired) electrons. The Bertz CT molecular complexity index is 203. The minimum absolute atomic E-state index is 0. The van der Waals surface area contributed by atoms with Crippen molar-refractivity contribution in [3.63, 3.8) is 0 Å². The van der Waals surface area contributed by atoms with Gasteiger partial charge in [-0.25, -0.2) is 0 Å². The third kappa shape index (κ3) is 4.63. The molecule has 0 amide bonds. The summed E-state index contributed by atoms with van der Waals surface area (Å²) in [5, 5.41) is 10.4. The van der Waals surface area contributed by atoms with Gasteiger partial charge in [-0.3, -0.25) is 0 Å². The Labute approximate surface area is 108 Å². The van der Waals surface area contributed by atoms with E-state index in [9.17, 15) is 9.90 Å². The molecule has 0 aromatic rings. The monoisotopic (exact) mass is 204 g/mol. The van der Waals surface area contributed by atoms with Gasteiger partial charge in [0.15, 0.2) is 0 Å². The number of hydrogen-bond acceptors (Lipinski definition) is 2. The van der Waals surface area contributed by atoms with Crippen LogP contribution in [0.1, 0.15) is 45.4 Å². The fraction of sp³-hybridized carbons (Fsp3) is 0.727. The van der Waals surface area contributed by atoms with Crippen LogP contribution in [0.15, 0.2) is 11.6 Å². The van der Waals surface area contributed by atoms with Gasteiger partial charge in [-0.15, -0.1) is 0 Å². The van der Waals surface area contributed by atoms with Crippen LogP contribution >= 0.6 is 0 Å². The summed E-state index contributed by atoms with van der Waals surface area (Å²) in [5.41, 5.74) is 1.31. The van der Waals surface area contributed by atoms with E-state index in [1.807, 2.05) is 0 Å². The Balaban J connectivity index is 0.00000169. The Morgan fingerprint density at radius 3 is 2.64 bits per heavy atom. The van der Waals surface area contributed by atoms with Gasteiger partial charge < -0.3 is 9.90 Å². The van der Waals surface area contributed by atoms with E-state index in [0.29, 0.717) is 0 Å². The summed E-state index contributed by atoms with van der Waals surface area (Å²) in [6.45, 7) is 2.18. The first kappa shape index (κ1) is 14.2. The summed E-state index contributed by atoms with van der Waals surface area (Å²) >= 11 is 0. The van der Waals surface area contributed by atoms with Crippen molar-refractivity contribution in [3.8, 4) is 0 Å². The van der Waals surface area contributed by atoms with Gasteiger partial charge in [-0.1, -0.05) is 31.4 Å². The Hall–Kier alpha value is 0.210. The maximum Gasteiger partial charge on any atom is 1.00 e. The molecule has 0 aromatic heterocycles. The molecule has 0 heterocycles. The second kappa shape index (κ2) is 7.49. The summed E-state index contributed by atoms with van der Waals surface area (Å²) < 4.78 is 0. The van der Waals surface area contributed by atoms with Crippen molar-refractivity contribution in [1.29, 1.82) is 0 Å². The van der Waals surface area contributed by atoms with E-state index in [4.69, 9.17) is 0 Å². The first-order valence-electron chi connectivity index (χ1n) is 5.12. The molecular formula is C11H17NaO2. The van der Waals surface area contributed by atoms with Crippen LogP contribution in [0.3, 0.4) is 0 Å². The molecule has 0 spiro atoms. The van der Waals surface area contributed by atoms with Gasteiger partial charge >= 0.3 is 29.6 Å². The van der Waals surface area contributed by atoms with E-state index < -0.39 is 5.97 Å². The summed E-state index contributed by atoms with van der Waals surface area (Å²) in [6, 6.07) is 0. The predicted octanol–water partition coefficient (Wildman–Crippen LogP) is -1.34. The molecule has 1 saturated carbocycles. The summed E-state index contributed by atoms with van der Waals surface area (Å²) in [5.74, 6) is -1.08. The second-order valence-electron chi connectivity index (χ2n) is 3.78. The molecule has 0 atom stereocenters. The van der Waals surface area contributed by atoms with Crippen LogP contribution in [-0.4, -0.2) is 5.97 Å². The summed E-state index contributed by atoms with van der Waals surface area (Å²) in [4.78, 5) is 10.4. The quantitative estimate of drug-likeness (QED) is 0.316. The van der Waals surface area contributed by atoms with E-state index in [0.717, 1.165) is 19.3 Å². The molecular weight excluding hydrogens is 187 g/mol. The molecule has 0 aromatic carbocycles. The molecule has 74 valence electrons. The van der Waals surface area contributed by atoms with E-state index >= 15 is 0 Å². The average Bonchev–Trinajstić information content (AvgIpc) is 2.00. The number of rotatable bonds is 5. The fourth-order valence-electron chi connectivity index (χ4n) is 1.61. The zero-order valence-electron chi connectivity index (χ0n) is 9.21. The number of allylic oxidation sites excluding steroid dienone is 2.